The monoisotopic (exact) mass is 1210 g/mol. The van der Waals surface area contributed by atoms with Gasteiger partial charge in [0.15, 0.2) is 6.29 Å². The van der Waals surface area contributed by atoms with Crippen molar-refractivity contribution in [2.75, 3.05) is 13.2 Å². The van der Waals surface area contributed by atoms with E-state index in [2.05, 4.69) is 31.3 Å². The van der Waals surface area contributed by atoms with Crippen molar-refractivity contribution in [2.24, 2.45) is 0 Å². The lowest BCUT2D eigenvalue weighted by molar-refractivity contribution is -0.303. The maximum atomic E-state index is 13.3. The number of aliphatic hydroxyl groups excluding tert-OH is 7. The molecular weight excluding hydrogens is 1060 g/mol. The first kappa shape index (κ1) is 81.9. The molecule has 0 aromatic rings. The quantitative estimate of drug-likeness (QED) is 0.0215. The Hall–Kier alpha value is -1.15. The Bertz CT molecular complexity index is 1390. The van der Waals surface area contributed by atoms with Crippen molar-refractivity contribution in [2.45, 2.75) is 441 Å². The van der Waals surface area contributed by atoms with Crippen LogP contribution in [0, 0.1) is 0 Å². The molecule has 8 N–H and O–H groups in total. The highest BCUT2D eigenvalue weighted by molar-refractivity contribution is 5.80. The fraction of sp³-hybridized carbons (Fsp3) is 0.959. The van der Waals surface area contributed by atoms with E-state index in [0.717, 1.165) is 38.5 Å². The average molecular weight is 1210 g/mol. The van der Waals surface area contributed by atoms with Gasteiger partial charge in [0, 0.05) is 0 Å². The minimum atomic E-state index is -1.67. The van der Waals surface area contributed by atoms with Crippen molar-refractivity contribution in [1.82, 2.24) is 5.32 Å². The molecule has 0 aromatic heterocycles. The third-order valence-electron chi connectivity index (χ3n) is 18.6. The number of unbranched alkanes of at least 4 members (excludes halogenated alkanes) is 53. The molecule has 11 nitrogen and oxygen atoms in total. The van der Waals surface area contributed by atoms with Gasteiger partial charge in [-0.1, -0.05) is 360 Å². The molecule has 85 heavy (non-hydrogen) atoms. The molecule has 0 aliphatic carbocycles. The summed E-state index contributed by atoms with van der Waals surface area (Å²) in [6.07, 6.45) is 67.5. The van der Waals surface area contributed by atoms with E-state index in [1.165, 1.54) is 308 Å². The molecule has 1 saturated heterocycles. The fourth-order valence-corrected chi connectivity index (χ4v) is 12.6. The molecule has 0 radical (unpaired) electrons. The standard InChI is InChI=1S/C74H145NO10/c1-3-5-7-9-11-13-15-17-19-21-23-25-27-29-30-31-32-33-34-35-36-37-38-40-42-44-46-48-50-52-54-56-58-60-62-67(78)73(83)75-65(64-84-74-72(82)71(81)70(80)68(63-76)85-74)69(79)66(77)61-59-57-55-53-51-49-47-45-43-41-39-28-26-24-22-20-18-16-14-12-10-8-6-4-2/h53,55,65-72,74,76-82H,3-52,54,56-64H2,1-2H3,(H,75,83)/b55-53+. The van der Waals surface area contributed by atoms with E-state index >= 15 is 0 Å². The number of amides is 1. The van der Waals surface area contributed by atoms with Crippen LogP contribution in [0.4, 0.5) is 0 Å². The van der Waals surface area contributed by atoms with Gasteiger partial charge in [0.2, 0.25) is 5.91 Å². The van der Waals surface area contributed by atoms with E-state index in [0.29, 0.717) is 12.8 Å². The Morgan fingerprint density at radius 3 is 1.01 bits per heavy atom. The summed E-state index contributed by atoms with van der Waals surface area (Å²) < 4.78 is 11.2. The number of nitrogens with one attached hydrogen (secondary N) is 1. The number of carbonyl (C=O) groups is 1. The van der Waals surface area contributed by atoms with E-state index in [-0.39, 0.29) is 12.8 Å². The van der Waals surface area contributed by atoms with Crippen molar-refractivity contribution in [1.29, 1.82) is 0 Å². The van der Waals surface area contributed by atoms with Gasteiger partial charge in [-0.3, -0.25) is 4.79 Å². The van der Waals surface area contributed by atoms with Gasteiger partial charge in [-0.2, -0.15) is 0 Å². The third-order valence-corrected chi connectivity index (χ3v) is 18.6. The summed E-state index contributed by atoms with van der Waals surface area (Å²) in [4.78, 5) is 13.3. The maximum absolute atomic E-state index is 13.3. The second-order valence-electron chi connectivity index (χ2n) is 26.7. The lowest BCUT2D eigenvalue weighted by atomic mass is 9.98. The summed E-state index contributed by atoms with van der Waals surface area (Å²) >= 11 is 0. The number of rotatable bonds is 67. The fourth-order valence-electron chi connectivity index (χ4n) is 12.6. The van der Waals surface area contributed by atoms with E-state index in [1.54, 1.807) is 0 Å². The number of hydrogen-bond donors (Lipinski definition) is 8. The molecule has 1 aliphatic rings. The molecule has 1 amide bonds. The van der Waals surface area contributed by atoms with Gasteiger partial charge in [0.25, 0.3) is 0 Å². The molecule has 9 unspecified atom stereocenters. The number of ether oxygens (including phenoxy) is 2. The van der Waals surface area contributed by atoms with E-state index < -0.39 is 74.2 Å². The van der Waals surface area contributed by atoms with Crippen LogP contribution in [0.15, 0.2) is 12.2 Å². The molecule has 0 aromatic carbocycles. The highest BCUT2D eigenvalue weighted by Crippen LogP contribution is 2.24. The van der Waals surface area contributed by atoms with Crippen LogP contribution < -0.4 is 5.32 Å². The van der Waals surface area contributed by atoms with Crippen molar-refractivity contribution in [3.05, 3.63) is 12.2 Å². The zero-order valence-corrected chi connectivity index (χ0v) is 56.1. The minimum Gasteiger partial charge on any atom is -0.394 e. The van der Waals surface area contributed by atoms with Crippen LogP contribution in [0.1, 0.15) is 386 Å². The Morgan fingerprint density at radius 1 is 0.400 bits per heavy atom. The molecule has 1 rings (SSSR count). The van der Waals surface area contributed by atoms with Crippen LogP contribution >= 0.6 is 0 Å². The Kier molecular flexibility index (Phi) is 60.7. The van der Waals surface area contributed by atoms with Crippen LogP contribution in [0.5, 0.6) is 0 Å². The smallest absolute Gasteiger partial charge is 0.249 e. The molecule has 506 valence electrons. The first-order chi connectivity index (χ1) is 41.7. The molecule has 1 heterocycles. The molecule has 9 atom stereocenters. The minimum absolute atomic E-state index is 0.260. The Labute approximate surface area is 525 Å². The summed E-state index contributed by atoms with van der Waals surface area (Å²) in [5, 5.41) is 76.6. The summed E-state index contributed by atoms with van der Waals surface area (Å²) in [6, 6.07) is -1.18. The van der Waals surface area contributed by atoms with Gasteiger partial charge in [-0.25, -0.2) is 0 Å². The molecule has 0 spiro atoms. The largest absolute Gasteiger partial charge is 0.394 e. The predicted octanol–water partition coefficient (Wildman–Crippen LogP) is 18.6. The van der Waals surface area contributed by atoms with Gasteiger partial charge in [0.05, 0.1) is 25.4 Å². The van der Waals surface area contributed by atoms with Crippen molar-refractivity contribution >= 4 is 5.91 Å². The first-order valence-electron chi connectivity index (χ1n) is 37.6. The van der Waals surface area contributed by atoms with Crippen LogP contribution in [0.25, 0.3) is 0 Å². The molecule has 1 aliphatic heterocycles. The van der Waals surface area contributed by atoms with Crippen LogP contribution in [-0.2, 0) is 14.3 Å². The predicted molar refractivity (Wildman–Crippen MR) is 358 cm³/mol. The normalized spacial score (nSPS) is 18.8. The Balaban J connectivity index is 2.15. The first-order valence-corrected chi connectivity index (χ1v) is 37.6. The summed E-state index contributed by atoms with van der Waals surface area (Å²) in [6.45, 7) is 3.51. The number of carbonyl (C=O) groups excluding carboxylic acids is 1. The van der Waals surface area contributed by atoms with E-state index in [1.807, 2.05) is 0 Å². The zero-order chi connectivity index (χ0) is 61.7. The average Bonchev–Trinajstić information content (AvgIpc) is 3.51. The second-order valence-corrected chi connectivity index (χ2v) is 26.7. The van der Waals surface area contributed by atoms with E-state index in [4.69, 9.17) is 9.47 Å². The number of aliphatic hydroxyl groups is 7. The summed E-state index contributed by atoms with van der Waals surface area (Å²) in [5.41, 5.74) is 0. The molecule has 0 bridgehead atoms. The molecule has 0 saturated carbocycles. The van der Waals surface area contributed by atoms with Gasteiger partial charge in [-0.15, -0.1) is 0 Å². The summed E-state index contributed by atoms with van der Waals surface area (Å²) in [7, 11) is 0. The molecule has 11 heteroatoms. The van der Waals surface area contributed by atoms with Crippen LogP contribution in [-0.4, -0.2) is 110 Å². The highest BCUT2D eigenvalue weighted by atomic mass is 16.7. The summed E-state index contributed by atoms with van der Waals surface area (Å²) in [5.74, 6) is -0.697. The van der Waals surface area contributed by atoms with Gasteiger partial charge in [0.1, 0.15) is 36.6 Å². The van der Waals surface area contributed by atoms with Gasteiger partial charge < -0.3 is 50.5 Å². The van der Waals surface area contributed by atoms with Crippen LogP contribution in [0.2, 0.25) is 0 Å². The number of allylic oxidation sites excluding steroid dienone is 2. The third kappa shape index (κ3) is 50.2. The lowest BCUT2D eigenvalue weighted by Crippen LogP contribution is -2.60. The topological polar surface area (TPSA) is 189 Å². The second kappa shape index (κ2) is 63.0. The molecular formula is C74H145NO10. The maximum Gasteiger partial charge on any atom is 0.249 e. The van der Waals surface area contributed by atoms with E-state index in [9.17, 15) is 40.5 Å². The van der Waals surface area contributed by atoms with Gasteiger partial charge in [-0.05, 0) is 38.5 Å². The highest BCUT2D eigenvalue weighted by Gasteiger charge is 2.44. The van der Waals surface area contributed by atoms with Crippen LogP contribution in [0.3, 0.4) is 0 Å². The van der Waals surface area contributed by atoms with Crippen molar-refractivity contribution in [3.63, 3.8) is 0 Å². The lowest BCUT2D eigenvalue weighted by Gasteiger charge is -2.40. The number of hydrogen-bond acceptors (Lipinski definition) is 10. The SMILES string of the molecule is CCCCCCCCCCCCCCCCCCCCC/C=C/CCCC(O)C(O)C(COC1OC(CO)C(O)C(O)C1O)NC(=O)C(O)CCCCCCCCCCCCCCCCCCCCCCCCCCCCCCCCCCCC. The van der Waals surface area contributed by atoms with Gasteiger partial charge >= 0.3 is 0 Å². The molecule has 1 fully saturated rings. The zero-order valence-electron chi connectivity index (χ0n) is 56.1. The Morgan fingerprint density at radius 2 is 0.694 bits per heavy atom. The van der Waals surface area contributed by atoms with Crippen molar-refractivity contribution < 1.29 is 50.0 Å². The van der Waals surface area contributed by atoms with Crippen molar-refractivity contribution in [3.8, 4) is 0 Å².